The fourth-order valence-electron chi connectivity index (χ4n) is 2.22. The monoisotopic (exact) mass is 239 g/mol. The van der Waals surface area contributed by atoms with E-state index >= 15 is 0 Å². The fourth-order valence-corrected chi connectivity index (χ4v) is 2.22. The molecule has 0 radical (unpaired) electrons. The number of rotatable bonds is 6. The van der Waals surface area contributed by atoms with Crippen LogP contribution in [0.5, 0.6) is 0 Å². The van der Waals surface area contributed by atoms with Crippen molar-refractivity contribution in [3.8, 4) is 0 Å². The molecule has 2 rings (SSSR count). The van der Waals surface area contributed by atoms with Crippen LogP contribution >= 0.6 is 0 Å². The van der Waals surface area contributed by atoms with Crippen LogP contribution in [0.3, 0.4) is 0 Å². The van der Waals surface area contributed by atoms with E-state index in [-0.39, 0.29) is 11.6 Å². The fraction of sp³-hybridized carbons (Fsp3) is 0.909. The largest absolute Gasteiger partial charge is 0.383 e. The van der Waals surface area contributed by atoms with E-state index in [0.29, 0.717) is 6.61 Å². The summed E-state index contributed by atoms with van der Waals surface area (Å²) in [5.41, 5.74) is 0.121. The molecule has 17 heavy (non-hydrogen) atoms. The van der Waals surface area contributed by atoms with Crippen molar-refractivity contribution in [1.29, 1.82) is 0 Å². The third kappa shape index (κ3) is 2.47. The quantitative estimate of drug-likeness (QED) is 0.746. The van der Waals surface area contributed by atoms with Crippen molar-refractivity contribution >= 4 is 0 Å². The molecule has 1 N–H and O–H groups in total. The standard InChI is InChI=1S/C11H21N5O/c1-9(12-7-8-17-3)10-13-14-15-16(10)11(2)5-4-6-11/h9,12H,4-8H2,1-3H3. The lowest BCUT2D eigenvalue weighted by molar-refractivity contribution is 0.137. The number of hydrogen-bond donors (Lipinski definition) is 1. The first-order valence-corrected chi connectivity index (χ1v) is 6.18. The van der Waals surface area contributed by atoms with Crippen molar-refractivity contribution in [3.63, 3.8) is 0 Å². The molecule has 0 spiro atoms. The Morgan fingerprint density at radius 3 is 2.88 bits per heavy atom. The smallest absolute Gasteiger partial charge is 0.168 e. The molecule has 1 aromatic rings. The van der Waals surface area contributed by atoms with Crippen LogP contribution in [0.2, 0.25) is 0 Å². The van der Waals surface area contributed by atoms with E-state index in [1.807, 2.05) is 4.68 Å². The molecule has 0 amide bonds. The van der Waals surface area contributed by atoms with Crippen molar-refractivity contribution < 1.29 is 4.74 Å². The molecule has 1 aliphatic carbocycles. The van der Waals surface area contributed by atoms with Crippen LogP contribution in [-0.2, 0) is 10.3 Å². The summed E-state index contributed by atoms with van der Waals surface area (Å²) in [6.45, 7) is 5.81. The van der Waals surface area contributed by atoms with Gasteiger partial charge in [0.15, 0.2) is 5.82 Å². The summed E-state index contributed by atoms with van der Waals surface area (Å²) in [6, 6.07) is 0.151. The van der Waals surface area contributed by atoms with Crippen molar-refractivity contribution in [2.45, 2.75) is 44.7 Å². The van der Waals surface area contributed by atoms with Crippen molar-refractivity contribution in [3.05, 3.63) is 5.82 Å². The number of nitrogens with zero attached hydrogens (tertiary/aromatic N) is 4. The van der Waals surface area contributed by atoms with Crippen LogP contribution in [0.4, 0.5) is 0 Å². The number of nitrogens with one attached hydrogen (secondary N) is 1. The van der Waals surface area contributed by atoms with E-state index in [1.165, 1.54) is 6.42 Å². The first-order chi connectivity index (χ1) is 8.17. The SMILES string of the molecule is COCCNC(C)c1nnnn1C1(C)CCC1. The second-order valence-corrected chi connectivity index (χ2v) is 4.97. The summed E-state index contributed by atoms with van der Waals surface area (Å²) < 4.78 is 7.01. The second kappa shape index (κ2) is 5.10. The van der Waals surface area contributed by atoms with Crippen molar-refractivity contribution in [1.82, 2.24) is 25.5 Å². The zero-order valence-corrected chi connectivity index (χ0v) is 10.8. The van der Waals surface area contributed by atoms with Gasteiger partial charge in [-0.25, -0.2) is 4.68 Å². The van der Waals surface area contributed by atoms with E-state index in [1.54, 1.807) is 7.11 Å². The Morgan fingerprint density at radius 1 is 1.53 bits per heavy atom. The normalized spacial score (nSPS) is 19.9. The number of hydrogen-bond acceptors (Lipinski definition) is 5. The van der Waals surface area contributed by atoms with Gasteiger partial charge in [-0.2, -0.15) is 0 Å². The van der Waals surface area contributed by atoms with Crippen molar-refractivity contribution in [2.24, 2.45) is 0 Å². The molecule has 0 bridgehead atoms. The Hall–Kier alpha value is -1.01. The number of ether oxygens (including phenoxy) is 1. The Morgan fingerprint density at radius 2 is 2.29 bits per heavy atom. The molecule has 96 valence electrons. The first-order valence-electron chi connectivity index (χ1n) is 6.18. The molecule has 1 aromatic heterocycles. The lowest BCUT2D eigenvalue weighted by Gasteiger charge is -2.39. The Kier molecular flexibility index (Phi) is 3.73. The van der Waals surface area contributed by atoms with Gasteiger partial charge in [-0.15, -0.1) is 5.10 Å². The van der Waals surface area contributed by atoms with Gasteiger partial charge in [0.05, 0.1) is 18.2 Å². The summed E-state index contributed by atoms with van der Waals surface area (Å²) >= 11 is 0. The summed E-state index contributed by atoms with van der Waals surface area (Å²) in [5, 5.41) is 15.5. The minimum absolute atomic E-state index is 0.121. The van der Waals surface area contributed by atoms with Gasteiger partial charge < -0.3 is 10.1 Å². The second-order valence-electron chi connectivity index (χ2n) is 4.97. The van der Waals surface area contributed by atoms with Crippen molar-refractivity contribution in [2.75, 3.05) is 20.3 Å². The lowest BCUT2D eigenvalue weighted by Crippen LogP contribution is -2.41. The molecule has 6 heteroatoms. The number of aromatic nitrogens is 4. The Labute approximate surface area is 102 Å². The predicted octanol–water partition coefficient (Wildman–Crippen LogP) is 0.869. The van der Waals surface area contributed by atoms with E-state index < -0.39 is 0 Å². The Balaban J connectivity index is 2.03. The minimum atomic E-state index is 0.121. The molecule has 1 unspecified atom stereocenters. The lowest BCUT2D eigenvalue weighted by atomic mass is 9.78. The number of methoxy groups -OCH3 is 1. The molecular weight excluding hydrogens is 218 g/mol. The van der Waals surface area contributed by atoms with Gasteiger partial charge in [0, 0.05) is 13.7 Å². The topological polar surface area (TPSA) is 64.9 Å². The number of tetrazole rings is 1. The van der Waals surface area contributed by atoms with E-state index in [4.69, 9.17) is 4.74 Å². The molecule has 0 saturated heterocycles. The third-order valence-corrected chi connectivity index (χ3v) is 3.58. The van der Waals surface area contributed by atoms with Gasteiger partial charge >= 0.3 is 0 Å². The Bertz CT molecular complexity index is 360. The molecule has 0 aliphatic heterocycles. The van der Waals surface area contributed by atoms with Gasteiger partial charge in [0.1, 0.15) is 0 Å². The van der Waals surface area contributed by atoms with Crippen LogP contribution in [0, 0.1) is 0 Å². The molecule has 0 aromatic carbocycles. The molecule has 1 aliphatic rings. The first kappa shape index (κ1) is 12.4. The molecule has 6 nitrogen and oxygen atoms in total. The highest BCUT2D eigenvalue weighted by atomic mass is 16.5. The average Bonchev–Trinajstić information content (AvgIpc) is 2.75. The van der Waals surface area contributed by atoms with Crippen LogP contribution < -0.4 is 5.32 Å². The molecular formula is C11H21N5O. The van der Waals surface area contributed by atoms with Gasteiger partial charge in [-0.1, -0.05) is 0 Å². The van der Waals surface area contributed by atoms with Gasteiger partial charge in [0.25, 0.3) is 0 Å². The molecule has 1 fully saturated rings. The van der Waals surface area contributed by atoms with Gasteiger partial charge in [0.2, 0.25) is 0 Å². The predicted molar refractivity (Wildman–Crippen MR) is 63.6 cm³/mol. The summed E-state index contributed by atoms with van der Waals surface area (Å²) in [5.74, 6) is 0.920. The van der Waals surface area contributed by atoms with E-state index in [2.05, 4.69) is 34.7 Å². The van der Waals surface area contributed by atoms with Crippen LogP contribution in [0.25, 0.3) is 0 Å². The molecule has 1 atom stereocenters. The van der Waals surface area contributed by atoms with Crippen LogP contribution in [0.1, 0.15) is 45.0 Å². The van der Waals surface area contributed by atoms with Gasteiger partial charge in [-0.05, 0) is 43.5 Å². The maximum absolute atomic E-state index is 5.02. The van der Waals surface area contributed by atoms with Crippen LogP contribution in [0.15, 0.2) is 0 Å². The highest BCUT2D eigenvalue weighted by Gasteiger charge is 2.37. The maximum atomic E-state index is 5.02. The van der Waals surface area contributed by atoms with Gasteiger partial charge in [-0.3, -0.25) is 0 Å². The summed E-state index contributed by atoms with van der Waals surface area (Å²) in [7, 11) is 1.70. The molecule has 1 saturated carbocycles. The van der Waals surface area contributed by atoms with E-state index in [0.717, 1.165) is 25.2 Å². The summed E-state index contributed by atoms with van der Waals surface area (Å²) in [6.07, 6.45) is 3.59. The average molecular weight is 239 g/mol. The summed E-state index contributed by atoms with van der Waals surface area (Å²) in [4.78, 5) is 0. The maximum Gasteiger partial charge on any atom is 0.168 e. The van der Waals surface area contributed by atoms with Crippen LogP contribution in [-0.4, -0.2) is 40.5 Å². The zero-order chi connectivity index (χ0) is 12.3. The third-order valence-electron chi connectivity index (χ3n) is 3.58. The minimum Gasteiger partial charge on any atom is -0.383 e. The molecule has 1 heterocycles. The highest BCUT2D eigenvalue weighted by molar-refractivity contribution is 4.99. The van der Waals surface area contributed by atoms with E-state index in [9.17, 15) is 0 Å². The highest BCUT2D eigenvalue weighted by Crippen LogP contribution is 2.38. The zero-order valence-electron chi connectivity index (χ0n) is 10.8.